The summed E-state index contributed by atoms with van der Waals surface area (Å²) in [4.78, 5) is 2.34. The quantitative estimate of drug-likeness (QED) is 0.881. The SMILES string of the molecule is CCCN(C)Cc1c[nH]nc1-c1ccc(C2CCOCC2)cc1. The zero-order valence-electron chi connectivity index (χ0n) is 14.2. The summed E-state index contributed by atoms with van der Waals surface area (Å²) in [5, 5.41) is 7.50. The lowest BCUT2D eigenvalue weighted by Crippen LogP contribution is -2.18. The first kappa shape index (κ1) is 16.2. The Hall–Kier alpha value is -1.65. The molecule has 1 aliphatic rings. The molecule has 0 spiro atoms. The highest BCUT2D eigenvalue weighted by Crippen LogP contribution is 2.29. The molecule has 0 aliphatic carbocycles. The van der Waals surface area contributed by atoms with E-state index in [1.54, 1.807) is 0 Å². The zero-order chi connectivity index (χ0) is 16.1. The van der Waals surface area contributed by atoms with Gasteiger partial charge in [0.25, 0.3) is 0 Å². The van der Waals surface area contributed by atoms with Crippen LogP contribution in [0.3, 0.4) is 0 Å². The average molecular weight is 313 g/mol. The van der Waals surface area contributed by atoms with Crippen LogP contribution in [0.5, 0.6) is 0 Å². The van der Waals surface area contributed by atoms with Crippen LogP contribution in [0.2, 0.25) is 0 Å². The van der Waals surface area contributed by atoms with Gasteiger partial charge in [-0.3, -0.25) is 5.10 Å². The molecular formula is C19H27N3O. The molecule has 0 unspecified atom stereocenters. The summed E-state index contributed by atoms with van der Waals surface area (Å²) in [5.74, 6) is 0.646. The Morgan fingerprint density at radius 2 is 1.96 bits per heavy atom. The third kappa shape index (κ3) is 4.01. The molecule has 2 heterocycles. The van der Waals surface area contributed by atoms with E-state index in [-0.39, 0.29) is 0 Å². The number of nitrogens with one attached hydrogen (secondary N) is 1. The largest absolute Gasteiger partial charge is 0.381 e. The van der Waals surface area contributed by atoms with Crippen molar-refractivity contribution in [2.45, 2.75) is 38.6 Å². The summed E-state index contributed by atoms with van der Waals surface area (Å²) in [7, 11) is 2.16. The number of rotatable bonds is 6. The molecule has 1 N–H and O–H groups in total. The second-order valence-corrected chi connectivity index (χ2v) is 6.51. The Morgan fingerprint density at radius 3 is 2.65 bits per heavy atom. The second kappa shape index (κ2) is 7.75. The number of hydrogen-bond acceptors (Lipinski definition) is 3. The number of aromatic nitrogens is 2. The molecule has 0 atom stereocenters. The van der Waals surface area contributed by atoms with E-state index in [2.05, 4.69) is 53.3 Å². The predicted octanol–water partition coefficient (Wildman–Crippen LogP) is 3.81. The van der Waals surface area contributed by atoms with Gasteiger partial charge in [-0.15, -0.1) is 0 Å². The maximum atomic E-state index is 5.46. The highest BCUT2D eigenvalue weighted by atomic mass is 16.5. The fourth-order valence-corrected chi connectivity index (χ4v) is 3.38. The predicted molar refractivity (Wildman–Crippen MR) is 93.4 cm³/mol. The third-order valence-electron chi connectivity index (χ3n) is 4.64. The van der Waals surface area contributed by atoms with Crippen molar-refractivity contribution in [3.05, 3.63) is 41.6 Å². The fourth-order valence-electron chi connectivity index (χ4n) is 3.38. The number of H-pyrrole nitrogens is 1. The van der Waals surface area contributed by atoms with Gasteiger partial charge in [0.2, 0.25) is 0 Å². The van der Waals surface area contributed by atoms with Crippen molar-refractivity contribution in [1.29, 1.82) is 0 Å². The van der Waals surface area contributed by atoms with Gasteiger partial charge in [-0.25, -0.2) is 0 Å². The molecule has 0 radical (unpaired) electrons. The first-order valence-corrected chi connectivity index (χ1v) is 8.67. The van der Waals surface area contributed by atoms with E-state index in [0.717, 1.165) is 44.8 Å². The number of nitrogens with zero attached hydrogens (tertiary/aromatic N) is 2. The van der Waals surface area contributed by atoms with Crippen molar-refractivity contribution in [1.82, 2.24) is 15.1 Å². The summed E-state index contributed by atoms with van der Waals surface area (Å²) >= 11 is 0. The van der Waals surface area contributed by atoms with Gasteiger partial charge in [0.1, 0.15) is 0 Å². The molecule has 2 aromatic rings. The van der Waals surface area contributed by atoms with Crippen molar-refractivity contribution in [3.8, 4) is 11.3 Å². The standard InChI is InChI=1S/C19H27N3O/c1-3-10-22(2)14-18-13-20-21-19(18)17-6-4-15(5-7-17)16-8-11-23-12-9-16/h4-7,13,16H,3,8-12,14H2,1-2H3,(H,20,21). The topological polar surface area (TPSA) is 41.2 Å². The fraction of sp³-hybridized carbons (Fsp3) is 0.526. The van der Waals surface area contributed by atoms with Crippen LogP contribution in [0.15, 0.2) is 30.5 Å². The molecule has 1 saturated heterocycles. The van der Waals surface area contributed by atoms with Crippen molar-refractivity contribution in [2.24, 2.45) is 0 Å². The molecule has 1 aromatic carbocycles. The van der Waals surface area contributed by atoms with Crippen LogP contribution < -0.4 is 0 Å². The Labute approximate surface area is 138 Å². The minimum atomic E-state index is 0.646. The number of ether oxygens (including phenoxy) is 1. The highest BCUT2D eigenvalue weighted by molar-refractivity contribution is 5.63. The summed E-state index contributed by atoms with van der Waals surface area (Å²) in [6, 6.07) is 8.95. The molecule has 1 fully saturated rings. The molecule has 1 aliphatic heterocycles. The molecule has 0 bridgehead atoms. The van der Waals surface area contributed by atoms with Crippen molar-refractivity contribution in [3.63, 3.8) is 0 Å². The molecule has 0 saturated carbocycles. The van der Waals surface area contributed by atoms with Crippen LogP contribution in [-0.2, 0) is 11.3 Å². The van der Waals surface area contributed by atoms with Gasteiger partial charge < -0.3 is 9.64 Å². The Morgan fingerprint density at radius 1 is 1.22 bits per heavy atom. The van der Waals surface area contributed by atoms with Crippen LogP contribution in [0.25, 0.3) is 11.3 Å². The van der Waals surface area contributed by atoms with E-state index >= 15 is 0 Å². The lowest BCUT2D eigenvalue weighted by atomic mass is 9.91. The van der Waals surface area contributed by atoms with Gasteiger partial charge >= 0.3 is 0 Å². The van der Waals surface area contributed by atoms with Gasteiger partial charge in [-0.2, -0.15) is 5.10 Å². The summed E-state index contributed by atoms with van der Waals surface area (Å²) in [5.41, 5.74) is 4.96. The van der Waals surface area contributed by atoms with Crippen LogP contribution in [0, 0.1) is 0 Å². The van der Waals surface area contributed by atoms with Crippen LogP contribution in [-0.4, -0.2) is 41.9 Å². The molecule has 124 valence electrons. The Kier molecular flexibility index (Phi) is 5.47. The minimum absolute atomic E-state index is 0.646. The van der Waals surface area contributed by atoms with Gasteiger partial charge in [0.15, 0.2) is 0 Å². The zero-order valence-corrected chi connectivity index (χ0v) is 14.2. The molecule has 4 nitrogen and oxygen atoms in total. The normalized spacial score (nSPS) is 16.1. The van der Waals surface area contributed by atoms with Gasteiger partial charge in [0, 0.05) is 37.1 Å². The second-order valence-electron chi connectivity index (χ2n) is 6.51. The first-order chi connectivity index (χ1) is 11.3. The van der Waals surface area contributed by atoms with E-state index in [9.17, 15) is 0 Å². The smallest absolute Gasteiger partial charge is 0.0965 e. The van der Waals surface area contributed by atoms with Crippen molar-refractivity contribution < 1.29 is 4.74 Å². The molecule has 23 heavy (non-hydrogen) atoms. The Bertz CT molecular complexity index is 599. The summed E-state index contributed by atoms with van der Waals surface area (Å²) in [6.45, 7) is 6.02. The van der Waals surface area contributed by atoms with Crippen LogP contribution in [0.1, 0.15) is 43.2 Å². The molecular weight excluding hydrogens is 286 g/mol. The van der Waals surface area contributed by atoms with Crippen LogP contribution >= 0.6 is 0 Å². The lowest BCUT2D eigenvalue weighted by Gasteiger charge is -2.22. The monoisotopic (exact) mass is 313 g/mol. The van der Waals surface area contributed by atoms with E-state index in [1.807, 2.05) is 6.20 Å². The van der Waals surface area contributed by atoms with Gasteiger partial charge in [-0.1, -0.05) is 31.2 Å². The number of hydrogen-bond donors (Lipinski definition) is 1. The molecule has 3 rings (SSSR count). The van der Waals surface area contributed by atoms with E-state index in [1.165, 1.54) is 23.1 Å². The minimum Gasteiger partial charge on any atom is -0.381 e. The molecule has 0 amide bonds. The summed E-state index contributed by atoms with van der Waals surface area (Å²) in [6.07, 6.45) is 5.46. The van der Waals surface area contributed by atoms with E-state index < -0.39 is 0 Å². The third-order valence-corrected chi connectivity index (χ3v) is 4.64. The van der Waals surface area contributed by atoms with Gasteiger partial charge in [-0.05, 0) is 44.3 Å². The van der Waals surface area contributed by atoms with Crippen molar-refractivity contribution in [2.75, 3.05) is 26.8 Å². The van der Waals surface area contributed by atoms with E-state index in [0.29, 0.717) is 5.92 Å². The number of aromatic amines is 1. The molecule has 1 aromatic heterocycles. The molecule has 4 heteroatoms. The first-order valence-electron chi connectivity index (χ1n) is 8.67. The lowest BCUT2D eigenvalue weighted by molar-refractivity contribution is 0.0853. The number of benzene rings is 1. The van der Waals surface area contributed by atoms with Crippen LogP contribution in [0.4, 0.5) is 0 Å². The summed E-state index contributed by atoms with van der Waals surface area (Å²) < 4.78 is 5.46. The Balaban J connectivity index is 1.73. The van der Waals surface area contributed by atoms with Gasteiger partial charge in [0.05, 0.1) is 5.69 Å². The van der Waals surface area contributed by atoms with Crippen molar-refractivity contribution >= 4 is 0 Å². The van der Waals surface area contributed by atoms with E-state index in [4.69, 9.17) is 4.74 Å². The maximum absolute atomic E-state index is 5.46. The average Bonchev–Trinajstić information content (AvgIpc) is 3.04. The highest BCUT2D eigenvalue weighted by Gasteiger charge is 2.16. The maximum Gasteiger partial charge on any atom is 0.0965 e.